The average molecular weight is 231 g/mol. The van der Waals surface area contributed by atoms with Crippen molar-refractivity contribution in [1.29, 1.82) is 0 Å². The Kier molecular flexibility index (Phi) is 3.04. The third-order valence-electron chi connectivity index (χ3n) is 1.25. The summed E-state index contributed by atoms with van der Waals surface area (Å²) in [6, 6.07) is 1.74. The van der Waals surface area contributed by atoms with Gasteiger partial charge in [-0.3, -0.25) is 4.98 Å². The van der Waals surface area contributed by atoms with Crippen LogP contribution in [0, 0.1) is 0 Å². The molecule has 0 unspecified atom stereocenters. The molecule has 0 aliphatic rings. The standard InChI is InChI=1S/C7H7BrN2O2/c1-12-7-2-5(8)3-9-6(7)4-10-11/h2-4,11H,1H3/b10-4-. The summed E-state index contributed by atoms with van der Waals surface area (Å²) in [7, 11) is 1.53. The number of ether oxygens (including phenoxy) is 1. The zero-order valence-corrected chi connectivity index (χ0v) is 7.95. The molecule has 1 heterocycles. The van der Waals surface area contributed by atoms with Gasteiger partial charge in [0.2, 0.25) is 0 Å². The fourth-order valence-corrected chi connectivity index (χ4v) is 1.06. The Morgan fingerprint density at radius 3 is 3.08 bits per heavy atom. The van der Waals surface area contributed by atoms with Crippen molar-refractivity contribution in [2.24, 2.45) is 5.16 Å². The lowest BCUT2D eigenvalue weighted by atomic mass is 10.3. The van der Waals surface area contributed by atoms with Gasteiger partial charge in [0.05, 0.1) is 13.3 Å². The first-order chi connectivity index (χ1) is 5.77. The lowest BCUT2D eigenvalue weighted by molar-refractivity contribution is 0.321. The minimum Gasteiger partial charge on any atom is -0.494 e. The molecule has 1 aromatic heterocycles. The molecule has 0 radical (unpaired) electrons. The zero-order chi connectivity index (χ0) is 8.97. The molecule has 0 aromatic carbocycles. The molecule has 64 valence electrons. The van der Waals surface area contributed by atoms with Crippen LogP contribution in [0.2, 0.25) is 0 Å². The maximum atomic E-state index is 8.27. The first kappa shape index (κ1) is 8.99. The van der Waals surface area contributed by atoms with Gasteiger partial charge >= 0.3 is 0 Å². The maximum absolute atomic E-state index is 8.27. The predicted octanol–water partition coefficient (Wildman–Crippen LogP) is 1.66. The normalized spacial score (nSPS) is 10.5. The van der Waals surface area contributed by atoms with Crippen molar-refractivity contribution < 1.29 is 9.94 Å². The van der Waals surface area contributed by atoms with Crippen molar-refractivity contribution in [3.05, 3.63) is 22.4 Å². The smallest absolute Gasteiger partial charge is 0.147 e. The second-order valence-electron chi connectivity index (χ2n) is 1.99. The van der Waals surface area contributed by atoms with Gasteiger partial charge < -0.3 is 9.94 Å². The number of hydrogen-bond acceptors (Lipinski definition) is 4. The highest BCUT2D eigenvalue weighted by Crippen LogP contribution is 2.19. The largest absolute Gasteiger partial charge is 0.494 e. The SMILES string of the molecule is COc1cc(Br)cnc1/C=N\O. The molecule has 1 N–H and O–H groups in total. The topological polar surface area (TPSA) is 54.7 Å². The zero-order valence-electron chi connectivity index (χ0n) is 6.36. The molecule has 0 bridgehead atoms. The molecule has 4 nitrogen and oxygen atoms in total. The molecule has 1 rings (SSSR count). The van der Waals surface area contributed by atoms with Crippen LogP contribution in [0.4, 0.5) is 0 Å². The summed E-state index contributed by atoms with van der Waals surface area (Å²) in [5, 5.41) is 11.1. The summed E-state index contributed by atoms with van der Waals surface area (Å²) in [6.07, 6.45) is 2.81. The highest BCUT2D eigenvalue weighted by atomic mass is 79.9. The van der Waals surface area contributed by atoms with Gasteiger partial charge in [-0.25, -0.2) is 0 Å². The highest BCUT2D eigenvalue weighted by molar-refractivity contribution is 9.10. The molecule has 0 saturated carbocycles. The van der Waals surface area contributed by atoms with E-state index in [1.54, 1.807) is 12.3 Å². The Balaban J connectivity index is 3.10. The monoisotopic (exact) mass is 230 g/mol. The molecule has 0 aliphatic heterocycles. The molecule has 0 saturated heterocycles. The number of pyridine rings is 1. The number of rotatable bonds is 2. The number of oxime groups is 1. The second kappa shape index (κ2) is 4.06. The quantitative estimate of drug-likeness (QED) is 0.478. The van der Waals surface area contributed by atoms with Crippen LogP contribution in [0.25, 0.3) is 0 Å². The summed E-state index contributed by atoms with van der Waals surface area (Å²) < 4.78 is 5.80. The van der Waals surface area contributed by atoms with Crippen LogP contribution in [-0.2, 0) is 0 Å². The van der Waals surface area contributed by atoms with Crippen molar-refractivity contribution in [2.45, 2.75) is 0 Å². The van der Waals surface area contributed by atoms with Crippen LogP contribution in [0.1, 0.15) is 5.69 Å². The number of hydrogen-bond donors (Lipinski definition) is 1. The van der Waals surface area contributed by atoms with Gasteiger partial charge in [-0.05, 0) is 22.0 Å². The number of nitrogens with zero attached hydrogens (tertiary/aromatic N) is 2. The molecule has 0 atom stereocenters. The van der Waals surface area contributed by atoms with Crippen LogP contribution in [0.15, 0.2) is 21.9 Å². The van der Waals surface area contributed by atoms with Gasteiger partial charge in [-0.2, -0.15) is 0 Å². The van der Waals surface area contributed by atoms with Gasteiger partial charge in [0.15, 0.2) is 0 Å². The van der Waals surface area contributed by atoms with E-state index in [4.69, 9.17) is 9.94 Å². The van der Waals surface area contributed by atoms with E-state index in [1.807, 2.05) is 0 Å². The van der Waals surface area contributed by atoms with Crippen molar-refractivity contribution in [2.75, 3.05) is 7.11 Å². The summed E-state index contributed by atoms with van der Waals surface area (Å²) in [4.78, 5) is 3.96. The van der Waals surface area contributed by atoms with Crippen molar-refractivity contribution in [3.8, 4) is 5.75 Å². The molecule has 12 heavy (non-hydrogen) atoms. The fourth-order valence-electron chi connectivity index (χ4n) is 0.746. The van der Waals surface area contributed by atoms with Crippen LogP contribution in [0.5, 0.6) is 5.75 Å². The van der Waals surface area contributed by atoms with Gasteiger partial charge in [-0.1, -0.05) is 5.16 Å². The number of halogens is 1. The van der Waals surface area contributed by atoms with Gasteiger partial charge in [-0.15, -0.1) is 0 Å². The molecule has 1 aromatic rings. The van der Waals surface area contributed by atoms with E-state index in [1.165, 1.54) is 13.3 Å². The van der Waals surface area contributed by atoms with E-state index in [2.05, 4.69) is 26.1 Å². The Labute approximate surface area is 78.0 Å². The summed E-state index contributed by atoms with van der Waals surface area (Å²) in [6.45, 7) is 0. The third-order valence-corrected chi connectivity index (χ3v) is 1.68. The number of aromatic nitrogens is 1. The van der Waals surface area contributed by atoms with E-state index in [9.17, 15) is 0 Å². The maximum Gasteiger partial charge on any atom is 0.147 e. The Morgan fingerprint density at radius 2 is 2.50 bits per heavy atom. The van der Waals surface area contributed by atoms with Crippen molar-refractivity contribution in [3.63, 3.8) is 0 Å². The fraction of sp³-hybridized carbons (Fsp3) is 0.143. The first-order valence-electron chi connectivity index (χ1n) is 3.15. The molecular formula is C7H7BrN2O2. The summed E-state index contributed by atoms with van der Waals surface area (Å²) in [5.41, 5.74) is 0.489. The Morgan fingerprint density at radius 1 is 1.75 bits per heavy atom. The summed E-state index contributed by atoms with van der Waals surface area (Å²) >= 11 is 3.24. The van der Waals surface area contributed by atoms with E-state index >= 15 is 0 Å². The molecule has 0 fully saturated rings. The van der Waals surface area contributed by atoms with Gasteiger partial charge in [0.25, 0.3) is 0 Å². The lowest BCUT2D eigenvalue weighted by Gasteiger charge is -2.02. The molecule has 5 heteroatoms. The second-order valence-corrected chi connectivity index (χ2v) is 2.90. The first-order valence-corrected chi connectivity index (χ1v) is 3.94. The predicted molar refractivity (Wildman–Crippen MR) is 47.9 cm³/mol. The van der Waals surface area contributed by atoms with Crippen LogP contribution in [0.3, 0.4) is 0 Å². The van der Waals surface area contributed by atoms with Gasteiger partial charge in [0, 0.05) is 10.7 Å². The molecule has 0 amide bonds. The Hall–Kier alpha value is -1.10. The van der Waals surface area contributed by atoms with E-state index < -0.39 is 0 Å². The van der Waals surface area contributed by atoms with Crippen LogP contribution in [-0.4, -0.2) is 23.5 Å². The van der Waals surface area contributed by atoms with Crippen molar-refractivity contribution in [1.82, 2.24) is 4.98 Å². The van der Waals surface area contributed by atoms with Crippen molar-refractivity contribution >= 4 is 22.1 Å². The number of methoxy groups -OCH3 is 1. The van der Waals surface area contributed by atoms with Gasteiger partial charge in [0.1, 0.15) is 11.4 Å². The minimum atomic E-state index is 0.489. The molecule has 0 spiro atoms. The Bertz CT molecular complexity index is 301. The van der Waals surface area contributed by atoms with Crippen LogP contribution < -0.4 is 4.74 Å². The highest BCUT2D eigenvalue weighted by Gasteiger charge is 2.01. The average Bonchev–Trinajstić information content (AvgIpc) is 2.08. The molecular weight excluding hydrogens is 224 g/mol. The van der Waals surface area contributed by atoms with E-state index in [0.29, 0.717) is 11.4 Å². The minimum absolute atomic E-state index is 0.489. The third kappa shape index (κ3) is 1.94. The molecule has 0 aliphatic carbocycles. The van der Waals surface area contributed by atoms with Crippen LogP contribution >= 0.6 is 15.9 Å². The summed E-state index contributed by atoms with van der Waals surface area (Å²) in [5.74, 6) is 0.558. The van der Waals surface area contributed by atoms with E-state index in [-0.39, 0.29) is 0 Å². The van der Waals surface area contributed by atoms with E-state index in [0.717, 1.165) is 4.47 Å². The lowest BCUT2D eigenvalue weighted by Crippen LogP contribution is -1.94.